The fraction of sp³-hybridized carbons (Fsp3) is 0.300. The third kappa shape index (κ3) is 4.33. The quantitative estimate of drug-likeness (QED) is 0.866. The molecule has 1 aliphatic heterocycles. The zero-order valence-electron chi connectivity index (χ0n) is 15.0. The molecule has 0 bridgehead atoms. The maximum absolute atomic E-state index is 12.5. The lowest BCUT2D eigenvalue weighted by Crippen LogP contribution is -2.43. The molecule has 0 fully saturated rings. The third-order valence-corrected chi connectivity index (χ3v) is 4.18. The number of benzene rings is 2. The molecule has 1 atom stereocenters. The van der Waals surface area contributed by atoms with Crippen molar-refractivity contribution in [2.45, 2.75) is 26.4 Å². The van der Waals surface area contributed by atoms with Gasteiger partial charge in [-0.15, -0.1) is 0 Å². The highest BCUT2D eigenvalue weighted by Crippen LogP contribution is 2.33. The van der Waals surface area contributed by atoms with Gasteiger partial charge in [0.25, 0.3) is 0 Å². The third-order valence-electron chi connectivity index (χ3n) is 4.18. The minimum Gasteiger partial charge on any atom is -0.486 e. The molecule has 6 heteroatoms. The van der Waals surface area contributed by atoms with Crippen LogP contribution in [0.4, 0.5) is 17.1 Å². The van der Waals surface area contributed by atoms with E-state index >= 15 is 0 Å². The highest BCUT2D eigenvalue weighted by atomic mass is 16.5. The summed E-state index contributed by atoms with van der Waals surface area (Å²) in [7, 11) is 0. The number of carbonyl (C=O) groups excluding carboxylic acids is 2. The first kappa shape index (κ1) is 17.8. The number of ether oxygens (including phenoxy) is 1. The Morgan fingerprint density at radius 3 is 2.58 bits per heavy atom. The lowest BCUT2D eigenvalue weighted by molar-refractivity contribution is -0.115. The Morgan fingerprint density at radius 1 is 1.12 bits per heavy atom. The average molecular weight is 353 g/mol. The normalized spacial score (nSPS) is 15.6. The molecular formula is C20H23N3O3. The highest BCUT2D eigenvalue weighted by molar-refractivity contribution is 5.95. The summed E-state index contributed by atoms with van der Waals surface area (Å²) in [5.41, 5.74) is 2.23. The molecular weight excluding hydrogens is 330 g/mol. The Balaban J connectivity index is 1.69. The van der Waals surface area contributed by atoms with Gasteiger partial charge >= 0.3 is 0 Å². The van der Waals surface area contributed by atoms with Gasteiger partial charge in [-0.2, -0.15) is 0 Å². The van der Waals surface area contributed by atoms with Crippen LogP contribution in [0.5, 0.6) is 5.75 Å². The SMILES string of the molecule is CCC1CN(CC(=O)Nc2cccc(NC(C)=O)c2)c2ccccc2O1. The van der Waals surface area contributed by atoms with Gasteiger partial charge in [-0.05, 0) is 36.8 Å². The summed E-state index contributed by atoms with van der Waals surface area (Å²) >= 11 is 0. The van der Waals surface area contributed by atoms with Crippen LogP contribution in [-0.2, 0) is 9.59 Å². The molecule has 6 nitrogen and oxygen atoms in total. The van der Waals surface area contributed by atoms with Crippen LogP contribution in [0.25, 0.3) is 0 Å². The van der Waals surface area contributed by atoms with Crippen LogP contribution >= 0.6 is 0 Å². The molecule has 3 rings (SSSR count). The molecule has 2 aromatic rings. The summed E-state index contributed by atoms with van der Waals surface area (Å²) in [5.74, 6) is 0.548. The van der Waals surface area contributed by atoms with Crippen LogP contribution in [-0.4, -0.2) is 31.0 Å². The molecule has 136 valence electrons. The number of nitrogens with zero attached hydrogens (tertiary/aromatic N) is 1. The van der Waals surface area contributed by atoms with Gasteiger partial charge in [-0.25, -0.2) is 0 Å². The summed E-state index contributed by atoms with van der Waals surface area (Å²) in [6, 6.07) is 14.9. The van der Waals surface area contributed by atoms with E-state index in [1.807, 2.05) is 29.2 Å². The Kier molecular flexibility index (Phi) is 5.41. The van der Waals surface area contributed by atoms with E-state index in [2.05, 4.69) is 17.6 Å². The van der Waals surface area contributed by atoms with Crippen molar-refractivity contribution in [2.75, 3.05) is 28.6 Å². The topological polar surface area (TPSA) is 70.7 Å². The number of hydrogen-bond donors (Lipinski definition) is 2. The van der Waals surface area contributed by atoms with Crippen molar-refractivity contribution in [3.05, 3.63) is 48.5 Å². The molecule has 1 aliphatic rings. The van der Waals surface area contributed by atoms with Crippen molar-refractivity contribution >= 4 is 28.9 Å². The van der Waals surface area contributed by atoms with Crippen LogP contribution in [0, 0.1) is 0 Å². The number of nitrogens with one attached hydrogen (secondary N) is 2. The zero-order chi connectivity index (χ0) is 18.5. The van der Waals surface area contributed by atoms with E-state index in [1.54, 1.807) is 24.3 Å². The number of hydrogen-bond acceptors (Lipinski definition) is 4. The fourth-order valence-electron chi connectivity index (χ4n) is 2.99. The van der Waals surface area contributed by atoms with Crippen molar-refractivity contribution in [1.82, 2.24) is 0 Å². The summed E-state index contributed by atoms with van der Waals surface area (Å²) in [4.78, 5) is 25.7. The van der Waals surface area contributed by atoms with E-state index in [4.69, 9.17) is 4.74 Å². The van der Waals surface area contributed by atoms with Crippen molar-refractivity contribution in [3.8, 4) is 5.75 Å². The van der Waals surface area contributed by atoms with E-state index < -0.39 is 0 Å². The molecule has 2 N–H and O–H groups in total. The van der Waals surface area contributed by atoms with Crippen molar-refractivity contribution in [1.29, 1.82) is 0 Å². The second kappa shape index (κ2) is 7.91. The molecule has 2 amide bonds. The van der Waals surface area contributed by atoms with Crippen molar-refractivity contribution in [3.63, 3.8) is 0 Å². The van der Waals surface area contributed by atoms with E-state index in [9.17, 15) is 9.59 Å². The van der Waals surface area contributed by atoms with E-state index in [0.717, 1.165) is 17.9 Å². The van der Waals surface area contributed by atoms with Crippen molar-refractivity contribution < 1.29 is 14.3 Å². The summed E-state index contributed by atoms with van der Waals surface area (Å²) < 4.78 is 5.95. The molecule has 1 unspecified atom stereocenters. The molecule has 0 spiro atoms. The van der Waals surface area contributed by atoms with Gasteiger partial charge in [0, 0.05) is 18.3 Å². The molecule has 0 radical (unpaired) electrons. The molecule has 1 heterocycles. The Hall–Kier alpha value is -3.02. The van der Waals surface area contributed by atoms with Gasteiger partial charge in [-0.3, -0.25) is 9.59 Å². The standard InChI is InChI=1S/C20H23N3O3/c1-3-17-12-23(18-9-4-5-10-19(18)26-17)13-20(25)22-16-8-6-7-15(11-16)21-14(2)24/h4-11,17H,3,12-13H2,1-2H3,(H,21,24)(H,22,25). The number of fused-ring (bicyclic) bond motifs is 1. The smallest absolute Gasteiger partial charge is 0.243 e. The molecule has 0 saturated carbocycles. The molecule has 0 aromatic heterocycles. The van der Waals surface area contributed by atoms with Gasteiger partial charge in [-0.1, -0.05) is 25.1 Å². The summed E-state index contributed by atoms with van der Waals surface area (Å²) in [5, 5.41) is 5.60. The Bertz CT molecular complexity index is 806. The first-order chi connectivity index (χ1) is 12.5. The van der Waals surface area contributed by atoms with E-state index in [-0.39, 0.29) is 24.5 Å². The monoisotopic (exact) mass is 353 g/mol. The predicted octanol–water partition coefficient (Wildman–Crippen LogP) is 3.26. The average Bonchev–Trinajstić information content (AvgIpc) is 2.61. The van der Waals surface area contributed by atoms with E-state index in [1.165, 1.54) is 6.92 Å². The molecule has 26 heavy (non-hydrogen) atoms. The predicted molar refractivity (Wildman–Crippen MR) is 103 cm³/mol. The van der Waals surface area contributed by atoms with E-state index in [0.29, 0.717) is 17.9 Å². The first-order valence-electron chi connectivity index (χ1n) is 8.73. The van der Waals surface area contributed by atoms with Crippen LogP contribution in [0.3, 0.4) is 0 Å². The fourth-order valence-corrected chi connectivity index (χ4v) is 2.99. The maximum atomic E-state index is 12.5. The molecule has 0 saturated heterocycles. The maximum Gasteiger partial charge on any atom is 0.243 e. The van der Waals surface area contributed by atoms with Crippen LogP contribution in [0.2, 0.25) is 0 Å². The summed E-state index contributed by atoms with van der Waals surface area (Å²) in [6.45, 7) is 4.43. The van der Waals surface area contributed by atoms with Gasteiger partial charge in [0.1, 0.15) is 11.9 Å². The molecule has 2 aromatic carbocycles. The number of amides is 2. The van der Waals surface area contributed by atoms with Crippen LogP contribution in [0.15, 0.2) is 48.5 Å². The highest BCUT2D eigenvalue weighted by Gasteiger charge is 2.25. The number of carbonyl (C=O) groups is 2. The minimum absolute atomic E-state index is 0.0702. The summed E-state index contributed by atoms with van der Waals surface area (Å²) in [6.07, 6.45) is 0.950. The van der Waals surface area contributed by atoms with Gasteiger partial charge in [0.15, 0.2) is 0 Å². The van der Waals surface area contributed by atoms with Gasteiger partial charge in [0.2, 0.25) is 11.8 Å². The van der Waals surface area contributed by atoms with Crippen LogP contribution in [0.1, 0.15) is 20.3 Å². The second-order valence-electron chi connectivity index (χ2n) is 6.31. The van der Waals surface area contributed by atoms with Crippen molar-refractivity contribution in [2.24, 2.45) is 0 Å². The Labute approximate surface area is 153 Å². The number of anilines is 3. The molecule has 0 aliphatic carbocycles. The number of para-hydroxylation sites is 2. The van der Waals surface area contributed by atoms with Gasteiger partial charge in [0.05, 0.1) is 18.8 Å². The second-order valence-corrected chi connectivity index (χ2v) is 6.31. The van der Waals surface area contributed by atoms with Crippen LogP contribution < -0.4 is 20.3 Å². The Morgan fingerprint density at radius 2 is 1.85 bits per heavy atom. The first-order valence-corrected chi connectivity index (χ1v) is 8.73. The number of rotatable bonds is 5. The largest absolute Gasteiger partial charge is 0.486 e. The lowest BCUT2D eigenvalue weighted by Gasteiger charge is -2.35. The van der Waals surface area contributed by atoms with Gasteiger partial charge < -0.3 is 20.3 Å². The zero-order valence-corrected chi connectivity index (χ0v) is 15.0. The minimum atomic E-state index is -0.149. The lowest BCUT2D eigenvalue weighted by atomic mass is 10.1.